The van der Waals surface area contributed by atoms with E-state index < -0.39 is 36.0 Å². The molecule has 0 bridgehead atoms. The van der Waals surface area contributed by atoms with Crippen LogP contribution in [-0.4, -0.2) is 41.4 Å². The molecule has 1 aromatic heterocycles. The second-order valence-electron chi connectivity index (χ2n) is 7.34. The molecule has 8 nitrogen and oxygen atoms in total. The number of rotatable bonds is 3. The molecule has 9 heteroatoms. The molecule has 1 saturated heterocycles. The molecule has 1 aromatic rings. The van der Waals surface area contributed by atoms with Crippen molar-refractivity contribution in [3.8, 4) is 0 Å². The van der Waals surface area contributed by atoms with E-state index in [0.717, 1.165) is 53.9 Å². The van der Waals surface area contributed by atoms with Crippen LogP contribution in [0.5, 0.6) is 0 Å². The van der Waals surface area contributed by atoms with Crippen LogP contribution in [0.3, 0.4) is 0 Å². The first-order valence-corrected chi connectivity index (χ1v) is 10.2. The van der Waals surface area contributed by atoms with Crippen LogP contribution < -0.4 is 16.0 Å². The minimum Gasteiger partial charge on any atom is -0.335 e. The summed E-state index contributed by atoms with van der Waals surface area (Å²) in [7, 11) is 0. The predicted molar refractivity (Wildman–Crippen MR) is 98.1 cm³/mol. The molecule has 4 rings (SSSR count). The summed E-state index contributed by atoms with van der Waals surface area (Å²) in [5.74, 6) is -1.09. The highest BCUT2D eigenvalue weighted by Gasteiger charge is 2.54. The molecular formula is C18H22N4O4S. The lowest BCUT2D eigenvalue weighted by Crippen LogP contribution is -2.49. The first-order chi connectivity index (χ1) is 13.0. The third kappa shape index (κ3) is 3.20. The van der Waals surface area contributed by atoms with Crippen LogP contribution in [0.1, 0.15) is 49.0 Å². The number of urea groups is 2. The van der Waals surface area contributed by atoms with Gasteiger partial charge in [-0.3, -0.25) is 19.8 Å². The number of amides is 6. The molecule has 0 radical (unpaired) electrons. The van der Waals surface area contributed by atoms with Gasteiger partial charge in [-0.25, -0.2) is 9.59 Å². The van der Waals surface area contributed by atoms with Gasteiger partial charge < -0.3 is 10.6 Å². The molecule has 3 N–H and O–H groups in total. The van der Waals surface area contributed by atoms with Crippen molar-refractivity contribution in [1.82, 2.24) is 20.9 Å². The van der Waals surface area contributed by atoms with Crippen LogP contribution in [0.25, 0.3) is 0 Å². The van der Waals surface area contributed by atoms with Gasteiger partial charge >= 0.3 is 12.1 Å². The number of nitrogens with one attached hydrogen (secondary N) is 3. The molecule has 6 amide bonds. The fraction of sp³-hybridized carbons (Fsp3) is 0.556. The second-order valence-corrected chi connectivity index (χ2v) is 8.34. The van der Waals surface area contributed by atoms with Gasteiger partial charge in [0, 0.05) is 16.5 Å². The minimum atomic E-state index is -1.07. The molecule has 27 heavy (non-hydrogen) atoms. The van der Waals surface area contributed by atoms with E-state index in [1.165, 1.54) is 0 Å². The third-order valence-electron chi connectivity index (χ3n) is 5.58. The van der Waals surface area contributed by atoms with Crippen molar-refractivity contribution in [3.63, 3.8) is 0 Å². The number of fused-ring (bicyclic) bond motifs is 2. The average molecular weight is 390 g/mol. The van der Waals surface area contributed by atoms with Gasteiger partial charge in [-0.2, -0.15) is 0 Å². The Hall–Kier alpha value is -2.42. The quantitative estimate of drug-likeness (QED) is 0.681. The van der Waals surface area contributed by atoms with Crippen LogP contribution >= 0.6 is 11.3 Å². The number of hydrogen-bond donors (Lipinski definition) is 3. The molecule has 1 aliphatic heterocycles. The Balaban J connectivity index is 1.41. The number of hydrogen-bond acceptors (Lipinski definition) is 5. The normalized spacial score (nSPS) is 24.8. The van der Waals surface area contributed by atoms with E-state index in [0.29, 0.717) is 6.42 Å². The molecule has 1 saturated carbocycles. The molecule has 144 valence electrons. The topological polar surface area (TPSA) is 108 Å². The summed E-state index contributed by atoms with van der Waals surface area (Å²) in [6.45, 7) is -0.468. The maximum absolute atomic E-state index is 13.0. The first-order valence-electron chi connectivity index (χ1n) is 9.31. The minimum absolute atomic E-state index is 0.0806. The van der Waals surface area contributed by atoms with Gasteiger partial charge in [0.1, 0.15) is 12.1 Å². The largest absolute Gasteiger partial charge is 0.335 e. The van der Waals surface area contributed by atoms with Gasteiger partial charge in [-0.05, 0) is 43.6 Å². The highest BCUT2D eigenvalue weighted by atomic mass is 32.1. The van der Waals surface area contributed by atoms with Crippen molar-refractivity contribution in [1.29, 1.82) is 0 Å². The van der Waals surface area contributed by atoms with Crippen LogP contribution in [0.4, 0.5) is 9.59 Å². The summed E-state index contributed by atoms with van der Waals surface area (Å²) >= 11 is 1.57. The van der Waals surface area contributed by atoms with E-state index in [9.17, 15) is 19.2 Å². The maximum Gasteiger partial charge on any atom is 0.325 e. The average Bonchev–Trinajstić information content (AvgIpc) is 3.34. The van der Waals surface area contributed by atoms with Gasteiger partial charge in [0.15, 0.2) is 0 Å². The van der Waals surface area contributed by atoms with Crippen molar-refractivity contribution in [2.75, 3.05) is 6.54 Å². The molecule has 2 heterocycles. The van der Waals surface area contributed by atoms with Crippen molar-refractivity contribution >= 4 is 35.2 Å². The molecule has 0 unspecified atom stereocenters. The van der Waals surface area contributed by atoms with Crippen molar-refractivity contribution in [2.24, 2.45) is 0 Å². The lowest BCUT2D eigenvalue weighted by atomic mass is 9.80. The smallest absolute Gasteiger partial charge is 0.325 e. The van der Waals surface area contributed by atoms with Gasteiger partial charge in [0.2, 0.25) is 5.91 Å². The number of imide groups is 2. The van der Waals surface area contributed by atoms with Gasteiger partial charge in [0.25, 0.3) is 5.91 Å². The molecule has 1 atom stereocenters. The summed E-state index contributed by atoms with van der Waals surface area (Å²) in [6, 6.07) is 0.782. The number of thiophene rings is 1. The zero-order chi connectivity index (χ0) is 19.0. The van der Waals surface area contributed by atoms with E-state index >= 15 is 0 Å². The zero-order valence-electron chi connectivity index (χ0n) is 14.9. The van der Waals surface area contributed by atoms with Gasteiger partial charge in [0.05, 0.1) is 0 Å². The molecule has 3 aliphatic rings. The van der Waals surface area contributed by atoms with Crippen LogP contribution in [0.2, 0.25) is 0 Å². The Bertz CT molecular complexity index is 801. The fourth-order valence-corrected chi connectivity index (χ4v) is 5.29. The third-order valence-corrected chi connectivity index (χ3v) is 6.56. The number of aryl methyl sites for hydroxylation is 1. The second kappa shape index (κ2) is 6.95. The lowest BCUT2D eigenvalue weighted by Gasteiger charge is -2.31. The van der Waals surface area contributed by atoms with E-state index in [1.807, 2.05) is 11.4 Å². The van der Waals surface area contributed by atoms with Crippen LogP contribution in [0, 0.1) is 0 Å². The van der Waals surface area contributed by atoms with Crippen molar-refractivity contribution in [2.45, 2.75) is 56.5 Å². The summed E-state index contributed by atoms with van der Waals surface area (Å²) in [6.07, 6.45) is 6.13. The highest BCUT2D eigenvalue weighted by Crippen LogP contribution is 2.41. The monoisotopic (exact) mass is 390 g/mol. The summed E-state index contributed by atoms with van der Waals surface area (Å²) in [4.78, 5) is 51.6. The number of carbonyl (C=O) groups excluding carboxylic acids is 4. The Labute approximate surface area is 160 Å². The first kappa shape index (κ1) is 18.0. The van der Waals surface area contributed by atoms with E-state index in [4.69, 9.17) is 0 Å². The number of nitrogens with zero attached hydrogens (tertiary/aromatic N) is 1. The summed E-state index contributed by atoms with van der Waals surface area (Å²) in [5, 5.41) is 9.68. The van der Waals surface area contributed by atoms with Gasteiger partial charge in [-0.1, -0.05) is 12.8 Å². The molecular weight excluding hydrogens is 368 g/mol. The molecule has 2 fully saturated rings. The predicted octanol–water partition coefficient (Wildman–Crippen LogP) is 1.60. The van der Waals surface area contributed by atoms with Gasteiger partial charge in [-0.15, -0.1) is 11.3 Å². The highest BCUT2D eigenvalue weighted by molar-refractivity contribution is 7.10. The molecule has 2 aliphatic carbocycles. The van der Waals surface area contributed by atoms with Crippen LogP contribution in [-0.2, 0) is 21.5 Å². The Kier molecular flexibility index (Phi) is 4.63. The van der Waals surface area contributed by atoms with E-state index in [2.05, 4.69) is 16.0 Å². The Morgan fingerprint density at radius 3 is 2.81 bits per heavy atom. The standard InChI is InChI=1S/C18H22N4O4S/c23-14(20-16(25)19-11-4-1-2-5-11)10-22-15(24)18(21-17(22)26)8-3-6-13-12(18)7-9-27-13/h7,9,11H,1-6,8,10H2,(H,21,26)(H2,19,20,23,25)/t18-/m0/s1. The van der Waals surface area contributed by atoms with E-state index in [1.54, 1.807) is 11.3 Å². The number of carbonyl (C=O) groups is 4. The summed E-state index contributed by atoms with van der Waals surface area (Å²) in [5.41, 5.74) is -0.240. The Morgan fingerprint density at radius 1 is 1.26 bits per heavy atom. The van der Waals surface area contributed by atoms with E-state index in [-0.39, 0.29) is 6.04 Å². The Morgan fingerprint density at radius 2 is 2.04 bits per heavy atom. The van der Waals surface area contributed by atoms with Crippen LogP contribution in [0.15, 0.2) is 11.4 Å². The van der Waals surface area contributed by atoms with Crippen molar-refractivity contribution < 1.29 is 19.2 Å². The fourth-order valence-electron chi connectivity index (χ4n) is 4.29. The molecule has 1 spiro atoms. The maximum atomic E-state index is 13.0. The lowest BCUT2D eigenvalue weighted by molar-refractivity contribution is -0.135. The molecule has 0 aromatic carbocycles. The zero-order valence-corrected chi connectivity index (χ0v) is 15.7. The summed E-state index contributed by atoms with van der Waals surface area (Å²) < 4.78 is 0. The SMILES string of the molecule is O=C(CN1C(=O)N[C@]2(CCCc3sccc32)C1=O)NC(=O)NC1CCCC1. The van der Waals surface area contributed by atoms with Crippen molar-refractivity contribution in [3.05, 3.63) is 21.9 Å².